The molecule has 1 saturated carbocycles. The van der Waals surface area contributed by atoms with Crippen molar-refractivity contribution in [1.29, 1.82) is 0 Å². The molecule has 0 saturated heterocycles. The van der Waals surface area contributed by atoms with Gasteiger partial charge in [-0.1, -0.05) is 0 Å². The zero-order valence-electron chi connectivity index (χ0n) is 9.62. The molecule has 0 aliphatic heterocycles. The molecule has 1 aromatic heterocycles. The van der Waals surface area contributed by atoms with Crippen molar-refractivity contribution in [3.63, 3.8) is 0 Å². The largest absolute Gasteiger partial charge is 0.461 e. The van der Waals surface area contributed by atoms with Gasteiger partial charge >= 0.3 is 12.1 Å². The summed E-state index contributed by atoms with van der Waals surface area (Å²) in [6.45, 7) is 1.69. The average Bonchev–Trinajstić information content (AvgIpc) is 2.98. The molecule has 0 amide bonds. The number of rotatable bonds is 3. The number of aromatic nitrogens is 2. The molecular weight excluding hydrogens is 251 g/mol. The van der Waals surface area contributed by atoms with E-state index in [9.17, 15) is 18.0 Å². The third kappa shape index (κ3) is 1.72. The fraction of sp³-hybridized carbons (Fsp3) is 0.600. The van der Waals surface area contributed by atoms with Crippen LogP contribution in [0.3, 0.4) is 0 Å². The van der Waals surface area contributed by atoms with Gasteiger partial charge in [-0.3, -0.25) is 0 Å². The van der Waals surface area contributed by atoms with E-state index in [1.807, 2.05) is 0 Å². The molecule has 1 aliphatic carbocycles. The van der Waals surface area contributed by atoms with Crippen molar-refractivity contribution in [3.05, 3.63) is 12.0 Å². The minimum Gasteiger partial charge on any atom is -0.461 e. The summed E-state index contributed by atoms with van der Waals surface area (Å²) in [6, 6.07) is 0. The molecule has 0 radical (unpaired) electrons. The number of nitrogens with zero attached hydrogens (tertiary/aromatic N) is 2. The molecule has 100 valence electrons. The number of ether oxygens (including phenoxy) is 1. The van der Waals surface area contributed by atoms with Crippen LogP contribution in [-0.2, 0) is 10.3 Å². The molecule has 2 rings (SSSR count). The Labute approximate surface area is 101 Å². The predicted molar refractivity (Wildman–Crippen MR) is 55.9 cm³/mol. The van der Waals surface area contributed by atoms with Crippen molar-refractivity contribution >= 4 is 11.8 Å². The van der Waals surface area contributed by atoms with E-state index >= 15 is 0 Å². The van der Waals surface area contributed by atoms with Crippen LogP contribution in [0, 0.1) is 0 Å². The third-order valence-electron chi connectivity index (χ3n) is 2.99. The third-order valence-corrected chi connectivity index (χ3v) is 2.99. The van der Waals surface area contributed by atoms with Gasteiger partial charge in [0.25, 0.3) is 0 Å². The standard InChI is InChI=1S/C10H12F3N3O2/c1-2-18-8(17)6-7(14)16(5-15-6)9(3-4-9)10(11,12)13/h5H,2-4,14H2,1H3. The maximum atomic E-state index is 12.9. The first-order chi connectivity index (χ1) is 8.33. The van der Waals surface area contributed by atoms with Gasteiger partial charge in [-0.15, -0.1) is 0 Å². The Morgan fingerprint density at radius 2 is 2.22 bits per heavy atom. The van der Waals surface area contributed by atoms with Crippen LogP contribution in [0.5, 0.6) is 0 Å². The zero-order valence-corrected chi connectivity index (χ0v) is 9.62. The molecular formula is C10H12F3N3O2. The lowest BCUT2D eigenvalue weighted by Crippen LogP contribution is -2.35. The SMILES string of the molecule is CCOC(=O)c1ncn(C2(C(F)(F)F)CC2)c1N. The number of halogens is 3. The highest BCUT2D eigenvalue weighted by Gasteiger charge is 2.65. The van der Waals surface area contributed by atoms with Crippen molar-refractivity contribution in [2.24, 2.45) is 0 Å². The van der Waals surface area contributed by atoms with Gasteiger partial charge < -0.3 is 15.0 Å². The van der Waals surface area contributed by atoms with Crippen molar-refractivity contribution in [1.82, 2.24) is 9.55 Å². The van der Waals surface area contributed by atoms with Crippen LogP contribution in [0.25, 0.3) is 0 Å². The topological polar surface area (TPSA) is 70.1 Å². The van der Waals surface area contributed by atoms with Crippen molar-refractivity contribution < 1.29 is 22.7 Å². The number of nitrogen functional groups attached to an aromatic ring is 1. The molecule has 0 unspecified atom stereocenters. The highest BCUT2D eigenvalue weighted by Crippen LogP contribution is 2.56. The zero-order chi connectivity index (χ0) is 13.6. The molecule has 0 aromatic carbocycles. The fourth-order valence-corrected chi connectivity index (χ4v) is 1.84. The Morgan fingerprint density at radius 1 is 1.61 bits per heavy atom. The first-order valence-electron chi connectivity index (χ1n) is 5.40. The number of esters is 1. The number of hydrogen-bond donors (Lipinski definition) is 1. The summed E-state index contributed by atoms with van der Waals surface area (Å²) in [4.78, 5) is 15.0. The van der Waals surface area contributed by atoms with Gasteiger partial charge in [0.1, 0.15) is 11.4 Å². The molecule has 1 aromatic rings. The molecule has 1 aliphatic rings. The number of imidazole rings is 1. The van der Waals surface area contributed by atoms with Crippen molar-refractivity contribution in [2.45, 2.75) is 31.5 Å². The second-order valence-corrected chi connectivity index (χ2v) is 4.10. The minimum atomic E-state index is -4.41. The highest BCUT2D eigenvalue weighted by molar-refractivity contribution is 5.92. The summed E-state index contributed by atoms with van der Waals surface area (Å²) < 4.78 is 44.2. The van der Waals surface area contributed by atoms with Gasteiger partial charge in [-0.05, 0) is 19.8 Å². The fourth-order valence-electron chi connectivity index (χ4n) is 1.84. The Bertz CT molecular complexity index is 477. The number of carbonyl (C=O) groups excluding carboxylic acids is 1. The van der Waals surface area contributed by atoms with Gasteiger partial charge in [-0.2, -0.15) is 13.2 Å². The van der Waals surface area contributed by atoms with E-state index in [1.54, 1.807) is 6.92 Å². The number of nitrogens with two attached hydrogens (primary N) is 1. The number of carbonyl (C=O) groups is 1. The number of alkyl halides is 3. The monoisotopic (exact) mass is 263 g/mol. The van der Waals surface area contributed by atoms with Crippen LogP contribution >= 0.6 is 0 Å². The molecule has 0 atom stereocenters. The summed E-state index contributed by atoms with van der Waals surface area (Å²) in [7, 11) is 0. The molecule has 1 heterocycles. The molecule has 0 bridgehead atoms. The van der Waals surface area contributed by atoms with E-state index in [2.05, 4.69) is 9.72 Å². The predicted octanol–water partition coefficient (Wildman–Crippen LogP) is 1.69. The maximum absolute atomic E-state index is 12.9. The first kappa shape index (κ1) is 12.7. The van der Waals surface area contributed by atoms with Gasteiger partial charge in [0.15, 0.2) is 5.69 Å². The summed E-state index contributed by atoms with van der Waals surface area (Å²) in [6.07, 6.45) is -3.57. The molecule has 5 nitrogen and oxygen atoms in total. The first-order valence-corrected chi connectivity index (χ1v) is 5.40. The molecule has 2 N–H and O–H groups in total. The molecule has 0 spiro atoms. The Balaban J connectivity index is 2.35. The molecule has 1 fully saturated rings. The quantitative estimate of drug-likeness (QED) is 0.842. The van der Waals surface area contributed by atoms with Gasteiger partial charge in [0, 0.05) is 0 Å². The van der Waals surface area contributed by atoms with E-state index in [0.717, 1.165) is 10.9 Å². The summed E-state index contributed by atoms with van der Waals surface area (Å²) >= 11 is 0. The van der Waals surface area contributed by atoms with Crippen LogP contribution < -0.4 is 5.73 Å². The number of hydrogen-bond acceptors (Lipinski definition) is 4. The lowest BCUT2D eigenvalue weighted by atomic mass is 10.2. The second-order valence-electron chi connectivity index (χ2n) is 4.10. The van der Waals surface area contributed by atoms with E-state index in [-0.39, 0.29) is 31.0 Å². The summed E-state index contributed by atoms with van der Waals surface area (Å²) in [5.41, 5.74) is 3.28. The van der Waals surface area contributed by atoms with Crippen LogP contribution in [0.4, 0.5) is 19.0 Å². The molecule has 18 heavy (non-hydrogen) atoms. The Kier molecular flexibility index (Phi) is 2.75. The van der Waals surface area contributed by atoms with Crippen LogP contribution in [0.15, 0.2) is 6.33 Å². The summed E-state index contributed by atoms with van der Waals surface area (Å²) in [5.74, 6) is -1.12. The lowest BCUT2D eigenvalue weighted by molar-refractivity contribution is -0.179. The maximum Gasteiger partial charge on any atom is 0.412 e. The minimum absolute atomic E-state index is 0.0562. The van der Waals surface area contributed by atoms with Crippen LogP contribution in [-0.4, -0.2) is 28.3 Å². The smallest absolute Gasteiger partial charge is 0.412 e. The van der Waals surface area contributed by atoms with E-state index in [4.69, 9.17) is 5.73 Å². The molecule has 8 heteroatoms. The van der Waals surface area contributed by atoms with E-state index in [0.29, 0.717) is 0 Å². The highest BCUT2D eigenvalue weighted by atomic mass is 19.4. The van der Waals surface area contributed by atoms with Crippen molar-refractivity contribution in [2.75, 3.05) is 12.3 Å². The Morgan fingerprint density at radius 3 is 2.67 bits per heavy atom. The summed E-state index contributed by atoms with van der Waals surface area (Å²) in [5, 5.41) is 0. The average molecular weight is 263 g/mol. The lowest BCUT2D eigenvalue weighted by Gasteiger charge is -2.21. The Hall–Kier alpha value is -1.73. The van der Waals surface area contributed by atoms with Gasteiger partial charge in [0.2, 0.25) is 0 Å². The van der Waals surface area contributed by atoms with Gasteiger partial charge in [0.05, 0.1) is 12.9 Å². The van der Waals surface area contributed by atoms with Crippen molar-refractivity contribution in [3.8, 4) is 0 Å². The van der Waals surface area contributed by atoms with Crippen LogP contribution in [0.2, 0.25) is 0 Å². The number of anilines is 1. The second kappa shape index (κ2) is 3.89. The van der Waals surface area contributed by atoms with Gasteiger partial charge in [-0.25, -0.2) is 9.78 Å². The van der Waals surface area contributed by atoms with E-state index in [1.165, 1.54) is 0 Å². The normalized spacial score (nSPS) is 17.6. The van der Waals surface area contributed by atoms with Crippen LogP contribution in [0.1, 0.15) is 30.3 Å². The van der Waals surface area contributed by atoms with E-state index < -0.39 is 17.7 Å².